The number of aryl methyl sites for hydroxylation is 1. The maximum atomic E-state index is 13.8. The van der Waals surface area contributed by atoms with E-state index in [1.54, 1.807) is 23.5 Å². The van der Waals surface area contributed by atoms with Gasteiger partial charge in [-0.1, -0.05) is 29.8 Å². The largest absolute Gasteiger partial charge is 0.309 e. The van der Waals surface area contributed by atoms with Gasteiger partial charge in [0.1, 0.15) is 5.82 Å². The van der Waals surface area contributed by atoms with Crippen molar-refractivity contribution >= 4 is 22.9 Å². The van der Waals surface area contributed by atoms with Gasteiger partial charge < -0.3 is 5.32 Å². The standard InChI is InChI=1S/C13H13ClFNS/c1-8-7-17-13(11(8)14)12(16-2)9-5-3-4-6-10(9)15/h3-7,12,16H,1-2H3. The fourth-order valence-electron chi connectivity index (χ4n) is 1.78. The average molecular weight is 270 g/mol. The molecule has 0 amide bonds. The summed E-state index contributed by atoms with van der Waals surface area (Å²) >= 11 is 7.78. The van der Waals surface area contributed by atoms with Gasteiger partial charge in [0.25, 0.3) is 0 Å². The number of rotatable bonds is 3. The van der Waals surface area contributed by atoms with Gasteiger partial charge in [0.2, 0.25) is 0 Å². The van der Waals surface area contributed by atoms with Crippen LogP contribution >= 0.6 is 22.9 Å². The number of hydrogen-bond donors (Lipinski definition) is 1. The molecule has 17 heavy (non-hydrogen) atoms. The van der Waals surface area contributed by atoms with Crippen molar-refractivity contribution in [2.24, 2.45) is 0 Å². The van der Waals surface area contributed by atoms with Crippen LogP contribution in [0.2, 0.25) is 5.02 Å². The lowest BCUT2D eigenvalue weighted by Gasteiger charge is -2.16. The lowest BCUT2D eigenvalue weighted by atomic mass is 10.0. The van der Waals surface area contributed by atoms with Gasteiger partial charge in [-0.2, -0.15) is 0 Å². The van der Waals surface area contributed by atoms with Gasteiger partial charge in [-0.25, -0.2) is 4.39 Å². The number of hydrogen-bond acceptors (Lipinski definition) is 2. The van der Waals surface area contributed by atoms with Crippen LogP contribution < -0.4 is 5.32 Å². The van der Waals surface area contributed by atoms with E-state index in [1.807, 2.05) is 25.4 Å². The lowest BCUT2D eigenvalue weighted by Crippen LogP contribution is -2.18. The Labute approximate surface area is 109 Å². The Morgan fingerprint density at radius 2 is 2.06 bits per heavy atom. The van der Waals surface area contributed by atoms with Crippen LogP contribution in [0.4, 0.5) is 4.39 Å². The third-order valence-electron chi connectivity index (χ3n) is 2.69. The van der Waals surface area contributed by atoms with E-state index < -0.39 is 0 Å². The van der Waals surface area contributed by atoms with Crippen molar-refractivity contribution in [1.82, 2.24) is 5.32 Å². The molecular formula is C13H13ClFNS. The molecule has 1 aromatic heterocycles. The first-order chi connectivity index (χ1) is 8.15. The second kappa shape index (κ2) is 5.17. The summed E-state index contributed by atoms with van der Waals surface area (Å²) < 4.78 is 13.8. The van der Waals surface area contributed by atoms with Gasteiger partial charge in [0, 0.05) is 10.4 Å². The highest BCUT2D eigenvalue weighted by atomic mass is 35.5. The summed E-state index contributed by atoms with van der Waals surface area (Å²) in [6.07, 6.45) is 0. The number of benzene rings is 1. The summed E-state index contributed by atoms with van der Waals surface area (Å²) in [6.45, 7) is 1.95. The Kier molecular flexibility index (Phi) is 3.82. The fourth-order valence-corrected chi connectivity index (χ4v) is 3.21. The lowest BCUT2D eigenvalue weighted by molar-refractivity contribution is 0.579. The minimum absolute atomic E-state index is 0.192. The van der Waals surface area contributed by atoms with Crippen molar-refractivity contribution in [1.29, 1.82) is 0 Å². The van der Waals surface area contributed by atoms with Crippen LogP contribution in [0, 0.1) is 12.7 Å². The van der Waals surface area contributed by atoms with Crippen molar-refractivity contribution in [3.8, 4) is 0 Å². The van der Waals surface area contributed by atoms with E-state index in [4.69, 9.17) is 11.6 Å². The van der Waals surface area contributed by atoms with E-state index in [0.29, 0.717) is 5.56 Å². The van der Waals surface area contributed by atoms with E-state index in [2.05, 4.69) is 5.32 Å². The summed E-state index contributed by atoms with van der Waals surface area (Å²) in [7, 11) is 1.81. The molecule has 1 atom stereocenters. The minimum Gasteiger partial charge on any atom is -0.309 e. The third-order valence-corrected chi connectivity index (χ3v) is 4.47. The molecule has 0 saturated heterocycles. The van der Waals surface area contributed by atoms with Gasteiger partial charge in [-0.05, 0) is 31.0 Å². The Morgan fingerprint density at radius 3 is 2.59 bits per heavy atom. The Bertz CT molecular complexity index is 524. The molecule has 0 aliphatic carbocycles. The van der Waals surface area contributed by atoms with Crippen LogP contribution in [0.25, 0.3) is 0 Å². The van der Waals surface area contributed by atoms with Crippen molar-refractivity contribution in [3.63, 3.8) is 0 Å². The fraction of sp³-hybridized carbons (Fsp3) is 0.231. The van der Waals surface area contributed by atoms with Crippen LogP contribution in [0.1, 0.15) is 22.0 Å². The van der Waals surface area contributed by atoms with Crippen LogP contribution in [-0.2, 0) is 0 Å². The Morgan fingerprint density at radius 1 is 1.35 bits per heavy atom. The van der Waals surface area contributed by atoms with Gasteiger partial charge in [0.15, 0.2) is 0 Å². The molecule has 90 valence electrons. The molecule has 0 radical (unpaired) electrons. The first-order valence-corrected chi connectivity index (χ1v) is 6.56. The Hall–Kier alpha value is -0.900. The molecule has 0 saturated carbocycles. The smallest absolute Gasteiger partial charge is 0.128 e. The topological polar surface area (TPSA) is 12.0 Å². The first-order valence-electron chi connectivity index (χ1n) is 5.30. The van der Waals surface area contributed by atoms with Crippen LogP contribution in [-0.4, -0.2) is 7.05 Å². The molecule has 4 heteroatoms. The van der Waals surface area contributed by atoms with Crippen molar-refractivity contribution in [3.05, 3.63) is 56.5 Å². The molecule has 0 bridgehead atoms. The van der Waals surface area contributed by atoms with E-state index in [0.717, 1.165) is 15.5 Å². The summed E-state index contributed by atoms with van der Waals surface area (Å²) in [6, 6.07) is 6.57. The summed E-state index contributed by atoms with van der Waals surface area (Å²) in [4.78, 5) is 0.955. The number of thiophene rings is 1. The molecule has 1 N–H and O–H groups in total. The predicted octanol–water partition coefficient (Wildman–Crippen LogP) is 4.16. The van der Waals surface area contributed by atoms with Crippen molar-refractivity contribution in [2.45, 2.75) is 13.0 Å². The molecular weight excluding hydrogens is 257 g/mol. The van der Waals surface area contributed by atoms with Crippen LogP contribution in [0.3, 0.4) is 0 Å². The van der Waals surface area contributed by atoms with Gasteiger partial charge in [-0.3, -0.25) is 0 Å². The Balaban J connectivity index is 2.48. The zero-order valence-corrected chi connectivity index (χ0v) is 11.2. The maximum Gasteiger partial charge on any atom is 0.128 e. The minimum atomic E-state index is -0.214. The highest BCUT2D eigenvalue weighted by Crippen LogP contribution is 2.36. The average Bonchev–Trinajstić information content (AvgIpc) is 2.65. The zero-order valence-electron chi connectivity index (χ0n) is 9.63. The molecule has 0 spiro atoms. The molecule has 0 aliphatic rings. The van der Waals surface area contributed by atoms with Gasteiger partial charge in [-0.15, -0.1) is 11.3 Å². The predicted molar refractivity (Wildman–Crippen MR) is 71.4 cm³/mol. The molecule has 2 rings (SSSR count). The van der Waals surface area contributed by atoms with Crippen molar-refractivity contribution < 1.29 is 4.39 Å². The summed E-state index contributed by atoms with van der Waals surface area (Å²) in [5.41, 5.74) is 1.65. The highest BCUT2D eigenvalue weighted by molar-refractivity contribution is 7.10. The van der Waals surface area contributed by atoms with E-state index in [9.17, 15) is 4.39 Å². The van der Waals surface area contributed by atoms with Crippen LogP contribution in [0.15, 0.2) is 29.6 Å². The van der Waals surface area contributed by atoms with Gasteiger partial charge >= 0.3 is 0 Å². The van der Waals surface area contributed by atoms with Crippen molar-refractivity contribution in [2.75, 3.05) is 7.05 Å². The van der Waals surface area contributed by atoms with Crippen LogP contribution in [0.5, 0.6) is 0 Å². The monoisotopic (exact) mass is 269 g/mol. The first kappa shape index (κ1) is 12.6. The van der Waals surface area contributed by atoms with E-state index in [1.165, 1.54) is 6.07 Å². The maximum absolute atomic E-state index is 13.8. The van der Waals surface area contributed by atoms with E-state index >= 15 is 0 Å². The second-order valence-corrected chi connectivity index (χ2v) is 5.13. The molecule has 1 aromatic carbocycles. The number of nitrogens with one attached hydrogen (secondary N) is 1. The zero-order chi connectivity index (χ0) is 12.4. The molecule has 0 fully saturated rings. The molecule has 0 aliphatic heterocycles. The number of halogens is 2. The molecule has 1 heterocycles. The summed E-state index contributed by atoms with van der Waals surface area (Å²) in [5.74, 6) is -0.214. The molecule has 1 nitrogen and oxygen atoms in total. The molecule has 2 aromatic rings. The highest BCUT2D eigenvalue weighted by Gasteiger charge is 2.20. The normalized spacial score (nSPS) is 12.7. The SMILES string of the molecule is CNC(c1ccccc1F)c1scc(C)c1Cl. The van der Waals surface area contributed by atoms with Gasteiger partial charge in [0.05, 0.1) is 11.1 Å². The molecule has 1 unspecified atom stereocenters. The second-order valence-electron chi connectivity index (χ2n) is 3.84. The third kappa shape index (κ3) is 2.37. The van der Waals surface area contributed by atoms with E-state index in [-0.39, 0.29) is 11.9 Å². The quantitative estimate of drug-likeness (QED) is 0.882. The summed E-state index contributed by atoms with van der Waals surface area (Å²) in [5, 5.41) is 5.82.